The minimum absolute atomic E-state index is 0.150. The van der Waals surface area contributed by atoms with Crippen molar-refractivity contribution < 1.29 is 28.6 Å². The van der Waals surface area contributed by atoms with Crippen molar-refractivity contribution in [3.63, 3.8) is 0 Å². The molecule has 0 N–H and O–H groups in total. The highest BCUT2D eigenvalue weighted by Crippen LogP contribution is 2.09. The molecular formula is C63H96O6. The van der Waals surface area contributed by atoms with Crippen LogP contribution < -0.4 is 0 Å². The van der Waals surface area contributed by atoms with Gasteiger partial charge in [0.25, 0.3) is 0 Å². The van der Waals surface area contributed by atoms with E-state index >= 15 is 0 Å². The average molecular weight is 949 g/mol. The van der Waals surface area contributed by atoms with Crippen molar-refractivity contribution in [2.24, 2.45) is 0 Å². The molecule has 0 fully saturated rings. The zero-order chi connectivity index (χ0) is 50.0. The topological polar surface area (TPSA) is 78.9 Å². The Bertz CT molecular complexity index is 1610. The van der Waals surface area contributed by atoms with Crippen LogP contribution in [-0.4, -0.2) is 37.2 Å². The maximum absolute atomic E-state index is 12.8. The largest absolute Gasteiger partial charge is 0.462 e. The van der Waals surface area contributed by atoms with Gasteiger partial charge in [0, 0.05) is 19.3 Å². The number of carbonyl (C=O) groups excluding carboxylic acids is 3. The second kappa shape index (κ2) is 55.6. The van der Waals surface area contributed by atoms with E-state index in [1.54, 1.807) is 0 Å². The van der Waals surface area contributed by atoms with Gasteiger partial charge in [-0.25, -0.2) is 0 Å². The van der Waals surface area contributed by atoms with E-state index in [0.29, 0.717) is 19.3 Å². The van der Waals surface area contributed by atoms with Gasteiger partial charge in [0.15, 0.2) is 6.10 Å². The van der Waals surface area contributed by atoms with Gasteiger partial charge < -0.3 is 14.2 Å². The van der Waals surface area contributed by atoms with Gasteiger partial charge >= 0.3 is 17.9 Å². The van der Waals surface area contributed by atoms with E-state index in [1.807, 2.05) is 12.2 Å². The molecule has 0 amide bonds. The third kappa shape index (κ3) is 53.8. The van der Waals surface area contributed by atoms with Crippen molar-refractivity contribution in [2.45, 2.75) is 207 Å². The van der Waals surface area contributed by atoms with E-state index in [1.165, 1.54) is 51.4 Å². The van der Waals surface area contributed by atoms with Crippen LogP contribution in [0, 0.1) is 0 Å². The summed E-state index contributed by atoms with van der Waals surface area (Å²) >= 11 is 0. The zero-order valence-electron chi connectivity index (χ0n) is 43.8. The molecule has 384 valence electrons. The molecule has 1 atom stereocenters. The van der Waals surface area contributed by atoms with Crippen LogP contribution in [-0.2, 0) is 28.6 Å². The number of allylic oxidation sites excluding steroid dienone is 26. The summed E-state index contributed by atoms with van der Waals surface area (Å²) < 4.78 is 16.7. The number of carbonyl (C=O) groups is 3. The van der Waals surface area contributed by atoms with Gasteiger partial charge in [0.2, 0.25) is 0 Å². The summed E-state index contributed by atoms with van der Waals surface area (Å²) in [7, 11) is 0. The molecule has 0 aromatic heterocycles. The van der Waals surface area contributed by atoms with Crippen LogP contribution in [0.25, 0.3) is 0 Å². The fraction of sp³-hybridized carbons (Fsp3) is 0.540. The Hall–Kier alpha value is -4.97. The number of rotatable bonds is 46. The van der Waals surface area contributed by atoms with E-state index in [9.17, 15) is 14.4 Å². The average Bonchev–Trinajstić information content (AvgIpc) is 3.35. The molecular weight excluding hydrogens is 853 g/mol. The quantitative estimate of drug-likeness (QED) is 0.0262. The first-order valence-electron chi connectivity index (χ1n) is 27.0. The third-order valence-electron chi connectivity index (χ3n) is 10.5. The minimum Gasteiger partial charge on any atom is -0.462 e. The summed E-state index contributed by atoms with van der Waals surface area (Å²) in [5.74, 6) is -1.14. The van der Waals surface area contributed by atoms with Crippen molar-refractivity contribution in [1.82, 2.24) is 0 Å². The standard InChI is InChI=1S/C63H96O6/c1-4-7-10-13-16-19-22-25-28-30-31-33-35-38-41-44-47-50-53-56-62(65)68-59-60(58-67-61(64)55-52-49-46-43-40-37-34-27-24-21-18-15-12-9-6-3)69-63(66)57-54-51-48-45-42-39-36-32-29-26-23-20-17-14-11-8-5-2/h7,10,16-21,25-29,31,33-34,36,38-41,43,45,47-48,50,60H,4-6,8-9,11-15,22-24,30,32,35,37,42,44,46,49,51-59H2,1-3H3/b10-7-,19-16-,20-17-,21-18-,28-25-,29-26-,33-31-,34-27-,39-36-,41-38-,43-40-,48-45-,50-47-/t60-/m1/s1. The summed E-state index contributed by atoms with van der Waals surface area (Å²) in [5.41, 5.74) is 0. The van der Waals surface area contributed by atoms with Crippen LogP contribution in [0.1, 0.15) is 201 Å². The van der Waals surface area contributed by atoms with Crippen molar-refractivity contribution in [1.29, 1.82) is 0 Å². The second-order valence-electron chi connectivity index (χ2n) is 17.0. The molecule has 0 aliphatic carbocycles. The molecule has 0 aromatic rings. The molecule has 0 rings (SSSR count). The van der Waals surface area contributed by atoms with Crippen molar-refractivity contribution in [2.75, 3.05) is 13.2 Å². The first-order chi connectivity index (χ1) is 34.0. The molecule has 6 heteroatoms. The lowest BCUT2D eigenvalue weighted by atomic mass is 10.1. The fourth-order valence-corrected chi connectivity index (χ4v) is 6.46. The first-order valence-corrected chi connectivity index (χ1v) is 27.0. The van der Waals surface area contributed by atoms with E-state index in [-0.39, 0.29) is 44.4 Å². The van der Waals surface area contributed by atoms with E-state index in [4.69, 9.17) is 14.2 Å². The summed E-state index contributed by atoms with van der Waals surface area (Å²) in [4.78, 5) is 38.0. The van der Waals surface area contributed by atoms with Crippen molar-refractivity contribution >= 4 is 17.9 Å². The minimum atomic E-state index is -0.861. The number of ether oxygens (including phenoxy) is 3. The van der Waals surface area contributed by atoms with Gasteiger partial charge in [-0.05, 0) is 135 Å². The number of esters is 3. The smallest absolute Gasteiger partial charge is 0.306 e. The monoisotopic (exact) mass is 949 g/mol. The van der Waals surface area contributed by atoms with E-state index in [0.717, 1.165) is 89.9 Å². The summed E-state index contributed by atoms with van der Waals surface area (Å²) in [5, 5.41) is 0. The molecule has 0 saturated heterocycles. The molecule has 0 heterocycles. The van der Waals surface area contributed by atoms with Crippen LogP contribution in [0.15, 0.2) is 158 Å². The van der Waals surface area contributed by atoms with Crippen LogP contribution in [0.2, 0.25) is 0 Å². The van der Waals surface area contributed by atoms with Gasteiger partial charge in [0.1, 0.15) is 13.2 Å². The van der Waals surface area contributed by atoms with Crippen molar-refractivity contribution in [3.05, 3.63) is 158 Å². The fourth-order valence-electron chi connectivity index (χ4n) is 6.46. The van der Waals surface area contributed by atoms with Gasteiger partial charge in [-0.2, -0.15) is 0 Å². The normalized spacial score (nSPS) is 13.4. The van der Waals surface area contributed by atoms with Crippen LogP contribution >= 0.6 is 0 Å². The maximum atomic E-state index is 12.8. The molecule has 0 bridgehead atoms. The van der Waals surface area contributed by atoms with Gasteiger partial charge in [0.05, 0.1) is 0 Å². The Kier molecular flexibility index (Phi) is 51.6. The molecule has 0 unspecified atom stereocenters. The highest BCUT2D eigenvalue weighted by Gasteiger charge is 2.19. The van der Waals surface area contributed by atoms with Crippen LogP contribution in [0.5, 0.6) is 0 Å². The Morgan fingerprint density at radius 1 is 0.304 bits per heavy atom. The number of hydrogen-bond acceptors (Lipinski definition) is 6. The Balaban J connectivity index is 4.69. The highest BCUT2D eigenvalue weighted by molar-refractivity contribution is 5.71. The Labute approximate surface area is 422 Å². The summed E-state index contributed by atoms with van der Waals surface area (Å²) in [6, 6.07) is 0. The molecule has 0 aliphatic heterocycles. The lowest BCUT2D eigenvalue weighted by Gasteiger charge is -2.18. The SMILES string of the molecule is CC/C=C\C/C=C\C/C=C\C/C=C\C/C=C\C/C=C\CCC(=O)OC[C@@H](COC(=O)CCCC/C=C\C/C=C\C/C=C\CCCCC)OC(=O)CCC/C=C\C/C=C\C/C=C\C/C=C\CCCCC. The Morgan fingerprint density at radius 2 is 0.594 bits per heavy atom. The summed E-state index contributed by atoms with van der Waals surface area (Å²) in [6.45, 7) is 6.29. The van der Waals surface area contributed by atoms with Crippen molar-refractivity contribution in [3.8, 4) is 0 Å². The second-order valence-corrected chi connectivity index (χ2v) is 17.0. The van der Waals surface area contributed by atoms with Crippen LogP contribution in [0.3, 0.4) is 0 Å². The van der Waals surface area contributed by atoms with Gasteiger partial charge in [-0.3, -0.25) is 14.4 Å². The Morgan fingerprint density at radius 3 is 0.957 bits per heavy atom. The predicted octanol–water partition coefficient (Wildman–Crippen LogP) is 18.2. The van der Waals surface area contributed by atoms with Gasteiger partial charge in [-0.15, -0.1) is 0 Å². The molecule has 6 nitrogen and oxygen atoms in total. The molecule has 0 aliphatic rings. The molecule has 69 heavy (non-hydrogen) atoms. The van der Waals surface area contributed by atoms with Crippen LogP contribution in [0.4, 0.5) is 0 Å². The van der Waals surface area contributed by atoms with Gasteiger partial charge in [-0.1, -0.05) is 204 Å². The van der Waals surface area contributed by atoms with E-state index < -0.39 is 12.1 Å². The number of unbranched alkanes of at least 4 members (excludes halogenated alkanes) is 9. The molecule has 0 radical (unpaired) electrons. The lowest BCUT2D eigenvalue weighted by molar-refractivity contribution is -0.166. The lowest BCUT2D eigenvalue weighted by Crippen LogP contribution is -2.30. The highest BCUT2D eigenvalue weighted by atomic mass is 16.6. The molecule has 0 spiro atoms. The zero-order valence-corrected chi connectivity index (χ0v) is 43.8. The molecule has 0 saturated carbocycles. The molecule has 0 aromatic carbocycles. The number of hydrogen-bond donors (Lipinski definition) is 0. The summed E-state index contributed by atoms with van der Waals surface area (Å²) in [6.07, 6.45) is 81.0. The maximum Gasteiger partial charge on any atom is 0.306 e. The predicted molar refractivity (Wildman–Crippen MR) is 297 cm³/mol. The third-order valence-corrected chi connectivity index (χ3v) is 10.5. The first kappa shape index (κ1) is 64.0. The van der Waals surface area contributed by atoms with E-state index in [2.05, 4.69) is 167 Å².